The summed E-state index contributed by atoms with van der Waals surface area (Å²) in [5.41, 5.74) is 3.64. The van der Waals surface area contributed by atoms with Gasteiger partial charge in [-0.25, -0.2) is 9.48 Å². The van der Waals surface area contributed by atoms with E-state index in [1.165, 1.54) is 19.3 Å². The predicted molar refractivity (Wildman–Crippen MR) is 115 cm³/mol. The number of piperidine rings is 1. The summed E-state index contributed by atoms with van der Waals surface area (Å²) in [4.78, 5) is 26.8. The number of hydrogen-bond donors (Lipinski definition) is 1. The summed E-state index contributed by atoms with van der Waals surface area (Å²) in [6.45, 7) is 4.45. The summed E-state index contributed by atoms with van der Waals surface area (Å²) < 4.78 is 6.89. The summed E-state index contributed by atoms with van der Waals surface area (Å²) >= 11 is 0. The standard InChI is InChI=1S/C22H25N5O3/c1-2-27-20-11-6-16(14-19(20)24-25-27)22(29)30-15-21(28)23-17-7-9-18(10-8-17)26-12-4-3-5-13-26/h6-11,14H,2-5,12-13,15H2,1H3,(H,23,28). The molecule has 1 fully saturated rings. The Hall–Kier alpha value is -3.42. The lowest BCUT2D eigenvalue weighted by atomic mass is 10.1. The first kappa shape index (κ1) is 19.9. The number of aryl methyl sites for hydroxylation is 1. The van der Waals surface area contributed by atoms with Crippen LogP contribution in [0.25, 0.3) is 11.0 Å². The Bertz CT molecular complexity index is 1040. The van der Waals surface area contributed by atoms with Crippen molar-refractivity contribution in [1.82, 2.24) is 15.0 Å². The number of rotatable bonds is 6. The molecule has 4 rings (SSSR count). The van der Waals surface area contributed by atoms with Gasteiger partial charge in [0.05, 0.1) is 11.1 Å². The van der Waals surface area contributed by atoms with Gasteiger partial charge < -0.3 is 15.0 Å². The van der Waals surface area contributed by atoms with E-state index in [1.807, 2.05) is 31.2 Å². The average Bonchev–Trinajstić information content (AvgIpc) is 3.21. The van der Waals surface area contributed by atoms with Gasteiger partial charge in [-0.3, -0.25) is 4.79 Å². The number of aromatic nitrogens is 3. The van der Waals surface area contributed by atoms with Crippen LogP contribution >= 0.6 is 0 Å². The lowest BCUT2D eigenvalue weighted by Crippen LogP contribution is -2.29. The van der Waals surface area contributed by atoms with Gasteiger partial charge in [0, 0.05) is 31.0 Å². The maximum atomic E-state index is 12.3. The van der Waals surface area contributed by atoms with Crippen LogP contribution in [-0.2, 0) is 16.1 Å². The molecule has 1 amide bonds. The lowest BCUT2D eigenvalue weighted by Gasteiger charge is -2.28. The molecule has 0 radical (unpaired) electrons. The molecule has 8 heteroatoms. The van der Waals surface area contributed by atoms with Crippen LogP contribution in [0, 0.1) is 0 Å². The number of esters is 1. The Labute approximate surface area is 174 Å². The maximum Gasteiger partial charge on any atom is 0.338 e. The largest absolute Gasteiger partial charge is 0.452 e. The molecule has 0 aliphatic carbocycles. The Morgan fingerprint density at radius 2 is 1.83 bits per heavy atom. The number of amides is 1. The normalized spacial score (nSPS) is 14.0. The number of nitrogens with one attached hydrogen (secondary N) is 1. The minimum Gasteiger partial charge on any atom is -0.452 e. The van der Waals surface area contributed by atoms with Gasteiger partial charge in [0.1, 0.15) is 5.52 Å². The monoisotopic (exact) mass is 407 g/mol. The van der Waals surface area contributed by atoms with Gasteiger partial charge in [-0.15, -0.1) is 5.10 Å². The summed E-state index contributed by atoms with van der Waals surface area (Å²) in [6, 6.07) is 12.8. The van der Waals surface area contributed by atoms with Crippen molar-refractivity contribution >= 4 is 34.3 Å². The number of hydrogen-bond acceptors (Lipinski definition) is 6. The van der Waals surface area contributed by atoms with Crippen LogP contribution in [0.1, 0.15) is 36.5 Å². The topological polar surface area (TPSA) is 89.4 Å². The first-order chi connectivity index (χ1) is 14.6. The highest BCUT2D eigenvalue weighted by Crippen LogP contribution is 2.22. The highest BCUT2D eigenvalue weighted by atomic mass is 16.5. The van der Waals surface area contributed by atoms with E-state index in [4.69, 9.17) is 4.74 Å². The molecule has 1 N–H and O–H groups in total. The average molecular weight is 407 g/mol. The number of carbonyl (C=O) groups excluding carboxylic acids is 2. The van der Waals surface area contributed by atoms with Crippen molar-refractivity contribution in [2.45, 2.75) is 32.7 Å². The smallest absolute Gasteiger partial charge is 0.338 e. The van der Waals surface area contributed by atoms with Crippen LogP contribution < -0.4 is 10.2 Å². The molecule has 2 heterocycles. The first-order valence-corrected chi connectivity index (χ1v) is 10.3. The molecule has 2 aromatic carbocycles. The fourth-order valence-electron chi connectivity index (χ4n) is 3.65. The van der Waals surface area contributed by atoms with Gasteiger partial charge in [-0.2, -0.15) is 0 Å². The Kier molecular flexibility index (Phi) is 5.92. The minimum atomic E-state index is -0.571. The third kappa shape index (κ3) is 4.42. The van der Waals surface area contributed by atoms with E-state index in [0.717, 1.165) is 24.3 Å². The molecule has 1 saturated heterocycles. The molecule has 1 aliphatic rings. The van der Waals surface area contributed by atoms with Crippen LogP contribution in [0.5, 0.6) is 0 Å². The van der Waals surface area contributed by atoms with Gasteiger partial charge >= 0.3 is 5.97 Å². The van der Waals surface area contributed by atoms with Crippen LogP contribution in [0.15, 0.2) is 42.5 Å². The van der Waals surface area contributed by atoms with Gasteiger partial charge in [0.25, 0.3) is 5.91 Å². The Morgan fingerprint density at radius 1 is 1.07 bits per heavy atom. The SMILES string of the molecule is CCn1nnc2cc(C(=O)OCC(=O)Nc3ccc(N4CCCCC4)cc3)ccc21. The zero-order valence-corrected chi connectivity index (χ0v) is 17.0. The van der Waals surface area contributed by atoms with E-state index in [2.05, 4.69) is 20.5 Å². The Morgan fingerprint density at radius 3 is 2.57 bits per heavy atom. The third-order valence-electron chi connectivity index (χ3n) is 5.26. The van der Waals surface area contributed by atoms with Crippen molar-refractivity contribution in [3.05, 3.63) is 48.0 Å². The molecule has 0 atom stereocenters. The van der Waals surface area contributed by atoms with E-state index >= 15 is 0 Å². The Balaban J connectivity index is 1.30. The van der Waals surface area contributed by atoms with Crippen molar-refractivity contribution in [3.8, 4) is 0 Å². The summed E-state index contributed by atoms with van der Waals surface area (Å²) in [5, 5.41) is 10.8. The fraction of sp³-hybridized carbons (Fsp3) is 0.364. The highest BCUT2D eigenvalue weighted by Gasteiger charge is 2.14. The number of ether oxygens (including phenoxy) is 1. The number of benzene rings is 2. The summed E-state index contributed by atoms with van der Waals surface area (Å²) in [6.07, 6.45) is 3.72. The molecule has 30 heavy (non-hydrogen) atoms. The minimum absolute atomic E-state index is 0.337. The van der Waals surface area contributed by atoms with Crippen LogP contribution in [0.3, 0.4) is 0 Å². The number of fused-ring (bicyclic) bond motifs is 1. The number of carbonyl (C=O) groups is 2. The summed E-state index contributed by atoms with van der Waals surface area (Å²) in [5.74, 6) is -0.953. The van der Waals surface area contributed by atoms with Gasteiger partial charge in [-0.1, -0.05) is 5.21 Å². The summed E-state index contributed by atoms with van der Waals surface area (Å²) in [7, 11) is 0. The van der Waals surface area contributed by atoms with Crippen LogP contribution in [0.2, 0.25) is 0 Å². The van der Waals surface area contributed by atoms with Gasteiger partial charge in [-0.05, 0) is 68.7 Å². The van der Waals surface area contributed by atoms with Crippen molar-refractivity contribution in [1.29, 1.82) is 0 Å². The number of anilines is 2. The second-order valence-corrected chi connectivity index (χ2v) is 7.33. The van der Waals surface area contributed by atoms with Crippen LogP contribution in [0.4, 0.5) is 11.4 Å². The zero-order chi connectivity index (χ0) is 20.9. The first-order valence-electron chi connectivity index (χ1n) is 10.3. The van der Waals surface area contributed by atoms with Crippen LogP contribution in [-0.4, -0.2) is 46.6 Å². The molecule has 156 valence electrons. The molecule has 0 spiro atoms. The molecule has 8 nitrogen and oxygen atoms in total. The van der Waals surface area contributed by atoms with Crippen molar-refractivity contribution in [2.75, 3.05) is 29.9 Å². The van der Waals surface area contributed by atoms with Crippen molar-refractivity contribution in [3.63, 3.8) is 0 Å². The quantitative estimate of drug-likeness (QED) is 0.631. The molecule has 0 saturated carbocycles. The van der Waals surface area contributed by atoms with Gasteiger partial charge in [0.2, 0.25) is 0 Å². The maximum absolute atomic E-state index is 12.3. The molecular weight excluding hydrogens is 382 g/mol. The molecule has 3 aromatic rings. The molecule has 1 aromatic heterocycles. The zero-order valence-electron chi connectivity index (χ0n) is 17.0. The molecule has 1 aliphatic heterocycles. The predicted octanol–water partition coefficient (Wildman–Crippen LogP) is 3.24. The van der Waals surface area contributed by atoms with E-state index in [9.17, 15) is 9.59 Å². The fourth-order valence-corrected chi connectivity index (χ4v) is 3.65. The molecule has 0 unspecified atom stereocenters. The van der Waals surface area contributed by atoms with E-state index in [-0.39, 0.29) is 12.5 Å². The van der Waals surface area contributed by atoms with E-state index in [0.29, 0.717) is 23.3 Å². The number of nitrogens with zero attached hydrogens (tertiary/aromatic N) is 4. The second kappa shape index (κ2) is 8.94. The van der Waals surface area contributed by atoms with E-state index < -0.39 is 5.97 Å². The van der Waals surface area contributed by atoms with E-state index in [1.54, 1.807) is 22.9 Å². The lowest BCUT2D eigenvalue weighted by molar-refractivity contribution is -0.119. The van der Waals surface area contributed by atoms with Gasteiger partial charge in [0.15, 0.2) is 6.61 Å². The second-order valence-electron chi connectivity index (χ2n) is 7.33. The molecular formula is C22H25N5O3. The van der Waals surface area contributed by atoms with Crippen molar-refractivity contribution in [2.24, 2.45) is 0 Å². The molecule has 0 bridgehead atoms. The van der Waals surface area contributed by atoms with Crippen molar-refractivity contribution < 1.29 is 14.3 Å². The highest BCUT2D eigenvalue weighted by molar-refractivity contribution is 5.97. The third-order valence-corrected chi connectivity index (χ3v) is 5.26.